The fourth-order valence-electron chi connectivity index (χ4n) is 2.51. The summed E-state index contributed by atoms with van der Waals surface area (Å²) in [6, 6.07) is 8.44. The Kier molecular flexibility index (Phi) is 5.38. The minimum absolute atomic E-state index is 0.237. The average Bonchev–Trinajstić information content (AvgIpc) is 3.44. The molecule has 0 saturated heterocycles. The zero-order valence-electron chi connectivity index (χ0n) is 15.4. The Bertz CT molecular complexity index is 1240. The van der Waals surface area contributed by atoms with E-state index in [1.165, 1.54) is 30.9 Å². The summed E-state index contributed by atoms with van der Waals surface area (Å²) in [5.74, 6) is 0.0266. The summed E-state index contributed by atoms with van der Waals surface area (Å²) in [5.41, 5.74) is 3.41. The van der Waals surface area contributed by atoms with E-state index in [4.69, 9.17) is 4.42 Å². The minimum Gasteiger partial charge on any atom is -0.463 e. The van der Waals surface area contributed by atoms with Crippen LogP contribution in [0.2, 0.25) is 0 Å². The van der Waals surface area contributed by atoms with Crippen molar-refractivity contribution < 1.29 is 14.0 Å². The van der Waals surface area contributed by atoms with E-state index in [0.29, 0.717) is 22.2 Å². The van der Waals surface area contributed by atoms with Gasteiger partial charge < -0.3 is 4.42 Å². The molecule has 0 fully saturated rings. The van der Waals surface area contributed by atoms with Gasteiger partial charge in [0.2, 0.25) is 5.78 Å². The van der Waals surface area contributed by atoms with Gasteiger partial charge in [-0.25, -0.2) is 15.0 Å². The second-order valence-corrected chi connectivity index (χ2v) is 6.85. The summed E-state index contributed by atoms with van der Waals surface area (Å²) < 4.78 is 5.41. The third-order valence-electron chi connectivity index (χ3n) is 3.87. The Morgan fingerprint density at radius 2 is 1.97 bits per heavy atom. The highest BCUT2D eigenvalue weighted by Crippen LogP contribution is 2.33. The molecule has 1 amide bonds. The van der Waals surface area contributed by atoms with Gasteiger partial charge >= 0.3 is 0 Å². The predicted molar refractivity (Wildman–Crippen MR) is 111 cm³/mol. The molecule has 0 aliphatic heterocycles. The minimum atomic E-state index is -0.458. The van der Waals surface area contributed by atoms with Gasteiger partial charge in [-0.2, -0.15) is 0 Å². The first-order chi connectivity index (χ1) is 14.7. The molecule has 30 heavy (non-hydrogen) atoms. The predicted octanol–water partition coefficient (Wildman–Crippen LogP) is 3.87. The van der Waals surface area contributed by atoms with E-state index in [0.717, 1.165) is 11.3 Å². The lowest BCUT2D eigenvalue weighted by Gasteiger charge is -2.00. The topological polar surface area (TPSA) is 111 Å². The Morgan fingerprint density at radius 1 is 1.13 bits per heavy atom. The molecule has 0 aromatic carbocycles. The molecule has 4 rings (SSSR count). The molecule has 9 heteroatoms. The lowest BCUT2D eigenvalue weighted by molar-refractivity contribution is 0.102. The molecule has 4 heterocycles. The molecule has 0 aliphatic carbocycles. The van der Waals surface area contributed by atoms with Crippen molar-refractivity contribution in [1.82, 2.24) is 19.9 Å². The number of carbonyl (C=O) groups is 2. The van der Waals surface area contributed by atoms with Crippen molar-refractivity contribution in [3.63, 3.8) is 0 Å². The zero-order chi connectivity index (χ0) is 20.9. The Balaban J connectivity index is 1.65. The Labute approximate surface area is 174 Å². The van der Waals surface area contributed by atoms with Gasteiger partial charge in [0.25, 0.3) is 5.91 Å². The molecule has 0 unspecified atom stereocenters. The fourth-order valence-corrected chi connectivity index (χ4v) is 3.43. The number of nitrogens with one attached hydrogen (secondary N) is 1. The Hall–Kier alpha value is -4.20. The molecular formula is C21H13N5O3S. The first-order valence-electron chi connectivity index (χ1n) is 8.65. The molecule has 4 aromatic heterocycles. The van der Waals surface area contributed by atoms with Crippen molar-refractivity contribution in [2.75, 3.05) is 5.32 Å². The molecule has 4 aromatic rings. The second-order valence-electron chi connectivity index (χ2n) is 5.85. The normalized spacial score (nSPS) is 10.3. The molecule has 146 valence electrons. The van der Waals surface area contributed by atoms with Crippen molar-refractivity contribution in [3.05, 3.63) is 89.5 Å². The van der Waals surface area contributed by atoms with Crippen LogP contribution in [0.15, 0.2) is 71.9 Å². The lowest BCUT2D eigenvalue weighted by Crippen LogP contribution is -2.12. The highest BCUT2D eigenvalue weighted by molar-refractivity contribution is 7.18. The van der Waals surface area contributed by atoms with E-state index < -0.39 is 5.91 Å². The van der Waals surface area contributed by atoms with E-state index in [9.17, 15) is 9.59 Å². The summed E-state index contributed by atoms with van der Waals surface area (Å²) in [7, 11) is 0. The maximum Gasteiger partial charge on any atom is 0.260 e. The number of rotatable bonds is 6. The van der Waals surface area contributed by atoms with Crippen molar-refractivity contribution in [2.24, 2.45) is 0 Å². The molecular weight excluding hydrogens is 402 g/mol. The van der Waals surface area contributed by atoms with E-state index in [1.807, 2.05) is 0 Å². The van der Waals surface area contributed by atoms with Crippen molar-refractivity contribution >= 4 is 34.2 Å². The van der Waals surface area contributed by atoms with Crippen LogP contribution in [-0.4, -0.2) is 31.6 Å². The van der Waals surface area contributed by atoms with Gasteiger partial charge in [-0.05, 0) is 24.3 Å². The summed E-state index contributed by atoms with van der Waals surface area (Å²) in [6.45, 7) is 3.45. The fraction of sp³-hybridized carbons (Fsp3) is 0. The number of furan rings is 1. The second kappa shape index (κ2) is 8.44. The van der Waals surface area contributed by atoms with E-state index >= 15 is 0 Å². The van der Waals surface area contributed by atoms with Gasteiger partial charge in [0.1, 0.15) is 16.3 Å². The third-order valence-corrected chi connectivity index (χ3v) is 4.84. The summed E-state index contributed by atoms with van der Waals surface area (Å²) in [5, 5.41) is 2.91. The molecule has 1 N–H and O–H groups in total. The SMILES string of the molecule is C=C=Cc1ncc(C(=O)Nc2nc(-c3ccco3)c(C(=O)c3ccccn3)s2)cn1. The van der Waals surface area contributed by atoms with Gasteiger partial charge in [0.15, 0.2) is 16.7 Å². The van der Waals surface area contributed by atoms with Crippen LogP contribution in [0.5, 0.6) is 0 Å². The molecule has 0 spiro atoms. The van der Waals surface area contributed by atoms with Crippen molar-refractivity contribution in [1.29, 1.82) is 0 Å². The lowest BCUT2D eigenvalue weighted by atomic mass is 10.1. The van der Waals surface area contributed by atoms with Gasteiger partial charge in [-0.15, -0.1) is 5.73 Å². The zero-order valence-corrected chi connectivity index (χ0v) is 16.2. The highest BCUT2D eigenvalue weighted by Gasteiger charge is 2.24. The van der Waals surface area contributed by atoms with Crippen molar-refractivity contribution in [2.45, 2.75) is 0 Å². The first kappa shape index (κ1) is 19.1. The van der Waals surface area contributed by atoms with Crippen molar-refractivity contribution in [3.8, 4) is 11.5 Å². The molecule has 8 nitrogen and oxygen atoms in total. The van der Waals surface area contributed by atoms with Crippen LogP contribution in [0.25, 0.3) is 17.5 Å². The van der Waals surface area contributed by atoms with E-state index in [1.54, 1.807) is 30.3 Å². The standard InChI is InChI=1S/C21H13N5O3S/c1-2-6-16-23-11-13(12-24-16)20(28)26-21-25-17(15-8-5-10-29-15)19(30-21)18(27)14-7-3-4-9-22-14/h3-12H,1H2,(H,25,26,28). The third kappa shape index (κ3) is 3.97. The summed E-state index contributed by atoms with van der Waals surface area (Å²) in [4.78, 5) is 42.4. The number of thiazole rings is 1. The van der Waals surface area contributed by atoms with E-state index in [2.05, 4.69) is 37.6 Å². The maximum atomic E-state index is 12.9. The number of pyridine rings is 1. The smallest absolute Gasteiger partial charge is 0.260 e. The number of aromatic nitrogens is 4. The van der Waals surface area contributed by atoms with Crippen LogP contribution in [-0.2, 0) is 0 Å². The first-order valence-corrected chi connectivity index (χ1v) is 9.47. The molecule has 0 atom stereocenters. The average molecular weight is 415 g/mol. The summed E-state index contributed by atoms with van der Waals surface area (Å²) >= 11 is 1.04. The van der Waals surface area contributed by atoms with Gasteiger partial charge in [0, 0.05) is 24.7 Å². The highest BCUT2D eigenvalue weighted by atomic mass is 32.1. The number of nitrogens with zero attached hydrogens (tertiary/aromatic N) is 4. The van der Waals surface area contributed by atoms with E-state index in [-0.39, 0.29) is 22.2 Å². The molecule has 0 saturated carbocycles. The molecule has 0 aliphatic rings. The largest absolute Gasteiger partial charge is 0.463 e. The quantitative estimate of drug-likeness (QED) is 0.376. The number of amides is 1. The monoisotopic (exact) mass is 415 g/mol. The number of ketones is 1. The number of hydrogen-bond acceptors (Lipinski definition) is 8. The molecule has 0 radical (unpaired) electrons. The number of anilines is 1. The van der Waals surface area contributed by atoms with Crippen LogP contribution in [0.3, 0.4) is 0 Å². The van der Waals surface area contributed by atoms with Crippen LogP contribution in [0, 0.1) is 0 Å². The maximum absolute atomic E-state index is 12.9. The van der Waals surface area contributed by atoms with Crippen LogP contribution in [0.1, 0.15) is 31.5 Å². The Morgan fingerprint density at radius 3 is 2.63 bits per heavy atom. The number of hydrogen-bond donors (Lipinski definition) is 1. The van der Waals surface area contributed by atoms with Gasteiger partial charge in [-0.1, -0.05) is 24.0 Å². The van der Waals surface area contributed by atoms with Crippen LogP contribution >= 0.6 is 11.3 Å². The summed E-state index contributed by atoms with van der Waals surface area (Å²) in [6.07, 6.45) is 7.28. The van der Waals surface area contributed by atoms with Gasteiger partial charge in [0.05, 0.1) is 11.8 Å². The van der Waals surface area contributed by atoms with Crippen LogP contribution in [0.4, 0.5) is 5.13 Å². The van der Waals surface area contributed by atoms with Crippen LogP contribution < -0.4 is 5.32 Å². The number of carbonyl (C=O) groups excluding carboxylic acids is 2. The molecule has 0 bridgehead atoms. The van der Waals surface area contributed by atoms with Gasteiger partial charge in [-0.3, -0.25) is 19.9 Å².